The van der Waals surface area contributed by atoms with Gasteiger partial charge in [-0.15, -0.1) is 0 Å². The summed E-state index contributed by atoms with van der Waals surface area (Å²) in [5, 5.41) is 4.89. The zero-order chi connectivity index (χ0) is 30.8. The highest BCUT2D eigenvalue weighted by molar-refractivity contribution is 6.12. The van der Waals surface area contributed by atoms with Crippen molar-refractivity contribution in [1.82, 2.24) is 4.57 Å². The molecule has 0 radical (unpaired) electrons. The standard InChI is InChI=1S/C44H31NO/c1-28-25-31(17-20-35(28)36-22-24-43-44(29(36)2)38-15-9-10-16-42(38)46-43)33-18-21-37-39-26-32(30-11-5-3-6-12-30)19-23-40(39)45(41(37)27-33)34-13-7-4-8-14-34/h3-27H,1-2H3. The predicted molar refractivity (Wildman–Crippen MR) is 194 cm³/mol. The fourth-order valence-electron chi connectivity index (χ4n) is 7.29. The molecular formula is C44H31NO. The SMILES string of the molecule is Cc1cc(-c2ccc3c4cc(-c5ccccc5)ccc4n(-c4ccccc4)c3c2)ccc1-c1ccc2oc3ccccc3c2c1C. The van der Waals surface area contributed by atoms with Crippen LogP contribution in [0.25, 0.3) is 82.8 Å². The van der Waals surface area contributed by atoms with Crippen LogP contribution in [0, 0.1) is 13.8 Å². The van der Waals surface area contributed by atoms with Crippen LogP contribution >= 0.6 is 0 Å². The fourth-order valence-corrected chi connectivity index (χ4v) is 7.29. The third-order valence-electron chi connectivity index (χ3n) is 9.54. The minimum Gasteiger partial charge on any atom is -0.456 e. The van der Waals surface area contributed by atoms with Gasteiger partial charge in [-0.3, -0.25) is 0 Å². The maximum Gasteiger partial charge on any atom is 0.135 e. The van der Waals surface area contributed by atoms with E-state index >= 15 is 0 Å². The van der Waals surface area contributed by atoms with Crippen molar-refractivity contribution in [3.8, 4) is 39.1 Å². The third-order valence-corrected chi connectivity index (χ3v) is 9.54. The van der Waals surface area contributed by atoms with Gasteiger partial charge in [0, 0.05) is 27.2 Å². The van der Waals surface area contributed by atoms with E-state index in [0.717, 1.165) is 16.9 Å². The molecule has 0 unspecified atom stereocenters. The van der Waals surface area contributed by atoms with Crippen molar-refractivity contribution < 1.29 is 4.42 Å². The Balaban J connectivity index is 1.19. The van der Waals surface area contributed by atoms with Gasteiger partial charge in [0.1, 0.15) is 11.2 Å². The molecule has 2 nitrogen and oxygen atoms in total. The Kier molecular flexibility index (Phi) is 5.97. The van der Waals surface area contributed by atoms with Crippen LogP contribution in [-0.2, 0) is 0 Å². The molecule has 46 heavy (non-hydrogen) atoms. The van der Waals surface area contributed by atoms with Crippen molar-refractivity contribution in [3.63, 3.8) is 0 Å². The Morgan fingerprint density at radius 3 is 1.93 bits per heavy atom. The molecule has 2 heteroatoms. The quantitative estimate of drug-likeness (QED) is 0.200. The number of aryl methyl sites for hydroxylation is 2. The number of rotatable bonds is 4. The highest BCUT2D eigenvalue weighted by atomic mass is 16.3. The van der Waals surface area contributed by atoms with Gasteiger partial charge in [0.15, 0.2) is 0 Å². The summed E-state index contributed by atoms with van der Waals surface area (Å²) in [6, 6.07) is 54.6. The van der Waals surface area contributed by atoms with E-state index in [9.17, 15) is 0 Å². The molecule has 2 aromatic heterocycles. The molecule has 0 fully saturated rings. The van der Waals surface area contributed by atoms with E-state index in [-0.39, 0.29) is 0 Å². The summed E-state index contributed by atoms with van der Waals surface area (Å²) >= 11 is 0. The normalized spacial score (nSPS) is 11.7. The molecule has 0 aliphatic rings. The first kappa shape index (κ1) is 26.5. The summed E-state index contributed by atoms with van der Waals surface area (Å²) in [6.45, 7) is 4.44. The van der Waals surface area contributed by atoms with Crippen LogP contribution in [0.3, 0.4) is 0 Å². The second-order valence-corrected chi connectivity index (χ2v) is 12.2. The number of hydrogen-bond donors (Lipinski definition) is 0. The smallest absolute Gasteiger partial charge is 0.135 e. The average Bonchev–Trinajstić information content (AvgIpc) is 3.65. The van der Waals surface area contributed by atoms with E-state index in [1.54, 1.807) is 0 Å². The summed E-state index contributed by atoms with van der Waals surface area (Å²) in [5.41, 5.74) is 15.3. The highest BCUT2D eigenvalue weighted by Gasteiger charge is 2.17. The number of benzene rings is 7. The molecule has 218 valence electrons. The van der Waals surface area contributed by atoms with Crippen molar-refractivity contribution in [3.05, 3.63) is 163 Å². The van der Waals surface area contributed by atoms with E-state index in [1.807, 2.05) is 12.1 Å². The molecule has 0 spiro atoms. The van der Waals surface area contributed by atoms with Crippen LogP contribution in [0.1, 0.15) is 11.1 Å². The van der Waals surface area contributed by atoms with E-state index in [4.69, 9.17) is 4.42 Å². The van der Waals surface area contributed by atoms with Crippen molar-refractivity contribution in [2.75, 3.05) is 0 Å². The van der Waals surface area contributed by atoms with Gasteiger partial charge in [-0.05, 0) is 101 Å². The van der Waals surface area contributed by atoms with Gasteiger partial charge in [0.25, 0.3) is 0 Å². The first-order valence-corrected chi connectivity index (χ1v) is 15.9. The number of aromatic nitrogens is 1. The van der Waals surface area contributed by atoms with Gasteiger partial charge >= 0.3 is 0 Å². The molecule has 2 heterocycles. The Bertz CT molecular complexity index is 2590. The number of fused-ring (bicyclic) bond motifs is 6. The first-order valence-electron chi connectivity index (χ1n) is 15.9. The van der Waals surface area contributed by atoms with E-state index in [1.165, 1.54) is 77.1 Å². The summed E-state index contributed by atoms with van der Waals surface area (Å²) in [4.78, 5) is 0. The largest absolute Gasteiger partial charge is 0.456 e. The molecule has 0 saturated carbocycles. The molecule has 7 aromatic carbocycles. The van der Waals surface area contributed by atoms with Crippen LogP contribution in [0.2, 0.25) is 0 Å². The second kappa shape index (κ2) is 10.4. The lowest BCUT2D eigenvalue weighted by Gasteiger charge is -2.13. The number of furan rings is 1. The zero-order valence-corrected chi connectivity index (χ0v) is 25.8. The van der Waals surface area contributed by atoms with Gasteiger partial charge in [0.05, 0.1) is 11.0 Å². The highest BCUT2D eigenvalue weighted by Crippen LogP contribution is 2.40. The van der Waals surface area contributed by atoms with Crippen LogP contribution in [0.15, 0.2) is 156 Å². The van der Waals surface area contributed by atoms with Crippen molar-refractivity contribution in [2.24, 2.45) is 0 Å². The van der Waals surface area contributed by atoms with Crippen LogP contribution in [-0.4, -0.2) is 4.57 Å². The summed E-state index contributed by atoms with van der Waals surface area (Å²) in [5.74, 6) is 0. The van der Waals surface area contributed by atoms with Gasteiger partial charge in [0.2, 0.25) is 0 Å². The molecule has 0 bridgehead atoms. The molecule has 0 saturated heterocycles. The van der Waals surface area contributed by atoms with E-state index in [0.29, 0.717) is 0 Å². The molecule has 0 aliphatic carbocycles. The predicted octanol–water partition coefficient (Wildman–Crippen LogP) is 12.3. The van der Waals surface area contributed by atoms with Crippen molar-refractivity contribution in [2.45, 2.75) is 13.8 Å². The van der Waals surface area contributed by atoms with Gasteiger partial charge in [-0.25, -0.2) is 0 Å². The van der Waals surface area contributed by atoms with Crippen molar-refractivity contribution in [1.29, 1.82) is 0 Å². The Labute approximate surface area is 267 Å². The fraction of sp³-hybridized carbons (Fsp3) is 0.0455. The molecule has 0 amide bonds. The van der Waals surface area contributed by atoms with E-state index in [2.05, 4.69) is 158 Å². The number of nitrogens with zero attached hydrogens (tertiary/aromatic N) is 1. The van der Waals surface area contributed by atoms with Gasteiger partial charge < -0.3 is 8.98 Å². The third kappa shape index (κ3) is 4.11. The van der Waals surface area contributed by atoms with Gasteiger partial charge in [-0.2, -0.15) is 0 Å². The Morgan fingerprint density at radius 2 is 1.11 bits per heavy atom. The lowest BCUT2D eigenvalue weighted by atomic mass is 9.91. The summed E-state index contributed by atoms with van der Waals surface area (Å²) < 4.78 is 8.56. The Hall–Kier alpha value is -5.86. The maximum atomic E-state index is 6.16. The molecule has 0 aliphatic heterocycles. The molecular weight excluding hydrogens is 558 g/mol. The Morgan fingerprint density at radius 1 is 0.435 bits per heavy atom. The number of para-hydroxylation sites is 2. The van der Waals surface area contributed by atoms with Crippen molar-refractivity contribution >= 4 is 43.7 Å². The van der Waals surface area contributed by atoms with Gasteiger partial charge in [-0.1, -0.05) is 109 Å². The minimum absolute atomic E-state index is 0.935. The zero-order valence-electron chi connectivity index (χ0n) is 25.8. The topological polar surface area (TPSA) is 18.1 Å². The van der Waals surface area contributed by atoms with Crippen LogP contribution < -0.4 is 0 Å². The lowest BCUT2D eigenvalue weighted by Crippen LogP contribution is -1.93. The summed E-state index contributed by atoms with van der Waals surface area (Å²) in [6.07, 6.45) is 0. The minimum atomic E-state index is 0.935. The van der Waals surface area contributed by atoms with E-state index < -0.39 is 0 Å². The molecule has 9 rings (SSSR count). The monoisotopic (exact) mass is 589 g/mol. The second-order valence-electron chi connectivity index (χ2n) is 12.2. The summed E-state index contributed by atoms with van der Waals surface area (Å²) in [7, 11) is 0. The molecule has 0 N–H and O–H groups in total. The molecule has 0 atom stereocenters. The first-order chi connectivity index (χ1) is 22.6. The van der Waals surface area contributed by atoms with Crippen LogP contribution in [0.5, 0.6) is 0 Å². The number of hydrogen-bond acceptors (Lipinski definition) is 1. The maximum absolute atomic E-state index is 6.16. The molecule has 9 aromatic rings. The van der Waals surface area contributed by atoms with Crippen LogP contribution in [0.4, 0.5) is 0 Å². The average molecular weight is 590 g/mol. The lowest BCUT2D eigenvalue weighted by molar-refractivity contribution is 0.669.